The molecule has 0 aliphatic rings. The molecule has 0 saturated heterocycles. The number of aromatic nitrogens is 1. The van der Waals surface area contributed by atoms with E-state index in [4.69, 9.17) is 0 Å². The second-order valence-electron chi connectivity index (χ2n) is 3.06. The van der Waals surface area contributed by atoms with Crippen LogP contribution >= 0.6 is 0 Å². The normalized spacial score (nSPS) is 10.3. The maximum Gasteiger partial charge on any atom is 0.313 e. The number of ketones is 1. The minimum atomic E-state index is -0.494. The zero-order valence-electron chi connectivity index (χ0n) is 9.05. The number of carbonyl (C=O) groups is 2. The number of hydrogen-bond acceptors (Lipinski definition) is 4. The number of rotatable bonds is 5. The van der Waals surface area contributed by atoms with E-state index in [0.29, 0.717) is 6.61 Å². The van der Waals surface area contributed by atoms with Gasteiger partial charge >= 0.3 is 5.97 Å². The Morgan fingerprint density at radius 3 is 2.69 bits per heavy atom. The average Bonchev–Trinajstić information content (AvgIpc) is 2.28. The monoisotopic (exact) mass is 219 g/mol. The Morgan fingerprint density at radius 1 is 1.38 bits per heavy atom. The first-order chi connectivity index (χ1) is 7.72. The van der Waals surface area contributed by atoms with E-state index in [0.717, 1.165) is 5.56 Å². The molecule has 16 heavy (non-hydrogen) atoms. The first kappa shape index (κ1) is 12.1. The lowest BCUT2D eigenvalue weighted by Crippen LogP contribution is -2.08. The molecular formula is C12H13NO3. The van der Waals surface area contributed by atoms with E-state index in [9.17, 15) is 9.59 Å². The van der Waals surface area contributed by atoms with Gasteiger partial charge in [0.1, 0.15) is 6.42 Å². The summed E-state index contributed by atoms with van der Waals surface area (Å²) in [5, 5.41) is 0. The number of pyridine rings is 1. The molecule has 84 valence electrons. The molecule has 0 aliphatic carbocycles. The van der Waals surface area contributed by atoms with Gasteiger partial charge in [0.05, 0.1) is 6.61 Å². The average molecular weight is 219 g/mol. The molecule has 0 amide bonds. The van der Waals surface area contributed by atoms with E-state index < -0.39 is 5.97 Å². The van der Waals surface area contributed by atoms with Gasteiger partial charge in [-0.25, -0.2) is 0 Å². The Morgan fingerprint density at radius 2 is 2.06 bits per heavy atom. The number of esters is 1. The molecular weight excluding hydrogens is 206 g/mol. The van der Waals surface area contributed by atoms with Crippen LogP contribution in [0, 0.1) is 0 Å². The van der Waals surface area contributed by atoms with Crippen LogP contribution in [0.4, 0.5) is 0 Å². The fourth-order valence-electron chi connectivity index (χ4n) is 1.08. The molecule has 0 N–H and O–H groups in total. The lowest BCUT2D eigenvalue weighted by atomic mass is 10.2. The molecule has 1 aromatic rings. The van der Waals surface area contributed by atoms with Crippen LogP contribution in [0.15, 0.2) is 30.6 Å². The second kappa shape index (κ2) is 6.50. The fraction of sp³-hybridized carbons (Fsp3) is 0.250. The number of allylic oxidation sites excluding steroid dienone is 1. The van der Waals surface area contributed by atoms with Crippen molar-refractivity contribution in [2.75, 3.05) is 6.61 Å². The molecule has 0 bridgehead atoms. The van der Waals surface area contributed by atoms with Crippen LogP contribution < -0.4 is 0 Å². The van der Waals surface area contributed by atoms with Crippen molar-refractivity contribution in [1.82, 2.24) is 4.98 Å². The largest absolute Gasteiger partial charge is 0.466 e. The maximum absolute atomic E-state index is 11.3. The summed E-state index contributed by atoms with van der Waals surface area (Å²) in [7, 11) is 0. The highest BCUT2D eigenvalue weighted by atomic mass is 16.5. The molecule has 0 unspecified atom stereocenters. The molecule has 1 aromatic heterocycles. The van der Waals surface area contributed by atoms with Crippen LogP contribution in [0.1, 0.15) is 18.9 Å². The van der Waals surface area contributed by atoms with Crippen molar-refractivity contribution >= 4 is 17.8 Å². The third-order valence-electron chi connectivity index (χ3n) is 1.79. The molecule has 1 heterocycles. The summed E-state index contributed by atoms with van der Waals surface area (Å²) in [5.74, 6) is -0.762. The van der Waals surface area contributed by atoms with Gasteiger partial charge in [-0.05, 0) is 30.7 Å². The minimum Gasteiger partial charge on any atom is -0.466 e. The van der Waals surface area contributed by atoms with Crippen LogP contribution in [-0.2, 0) is 14.3 Å². The third kappa shape index (κ3) is 4.50. The Hall–Kier alpha value is -1.97. The summed E-state index contributed by atoms with van der Waals surface area (Å²) >= 11 is 0. The second-order valence-corrected chi connectivity index (χ2v) is 3.06. The van der Waals surface area contributed by atoms with E-state index in [1.54, 1.807) is 37.5 Å². The lowest BCUT2D eigenvalue weighted by Gasteiger charge is -1.97. The highest BCUT2D eigenvalue weighted by molar-refractivity contribution is 6.03. The molecule has 4 heteroatoms. The van der Waals surface area contributed by atoms with Gasteiger partial charge in [-0.2, -0.15) is 0 Å². The molecule has 0 saturated carbocycles. The quantitative estimate of drug-likeness (QED) is 0.429. The van der Waals surface area contributed by atoms with Gasteiger partial charge in [-0.3, -0.25) is 14.6 Å². The predicted octanol–water partition coefficient (Wildman–Crippen LogP) is 1.62. The summed E-state index contributed by atoms with van der Waals surface area (Å²) in [6.45, 7) is 2.00. The van der Waals surface area contributed by atoms with E-state index in [-0.39, 0.29) is 12.2 Å². The zero-order valence-corrected chi connectivity index (χ0v) is 9.05. The van der Waals surface area contributed by atoms with Crippen molar-refractivity contribution in [3.63, 3.8) is 0 Å². The highest BCUT2D eigenvalue weighted by Gasteiger charge is 2.06. The van der Waals surface area contributed by atoms with Crippen LogP contribution in [0.3, 0.4) is 0 Å². The number of ether oxygens (including phenoxy) is 1. The zero-order chi connectivity index (χ0) is 11.8. The summed E-state index contributed by atoms with van der Waals surface area (Å²) in [6, 6.07) is 3.54. The maximum atomic E-state index is 11.3. The third-order valence-corrected chi connectivity index (χ3v) is 1.79. The van der Waals surface area contributed by atoms with Gasteiger partial charge in [0.15, 0.2) is 5.78 Å². The molecule has 0 atom stereocenters. The molecule has 4 nitrogen and oxygen atoms in total. The first-order valence-corrected chi connectivity index (χ1v) is 4.99. The van der Waals surface area contributed by atoms with E-state index in [1.165, 1.54) is 6.08 Å². The van der Waals surface area contributed by atoms with Crippen molar-refractivity contribution < 1.29 is 14.3 Å². The van der Waals surface area contributed by atoms with Crippen LogP contribution in [0.5, 0.6) is 0 Å². The number of nitrogens with zero attached hydrogens (tertiary/aromatic N) is 1. The van der Waals surface area contributed by atoms with Crippen LogP contribution in [0.25, 0.3) is 6.08 Å². The van der Waals surface area contributed by atoms with Gasteiger partial charge in [-0.1, -0.05) is 6.08 Å². The van der Waals surface area contributed by atoms with E-state index in [1.807, 2.05) is 0 Å². The molecule has 0 spiro atoms. The lowest BCUT2D eigenvalue weighted by molar-refractivity contribution is -0.144. The van der Waals surface area contributed by atoms with Crippen molar-refractivity contribution in [2.24, 2.45) is 0 Å². The molecule has 0 fully saturated rings. The van der Waals surface area contributed by atoms with E-state index >= 15 is 0 Å². The number of carbonyl (C=O) groups excluding carboxylic acids is 2. The first-order valence-electron chi connectivity index (χ1n) is 4.99. The Labute approximate surface area is 94.0 Å². The molecule has 0 aliphatic heterocycles. The van der Waals surface area contributed by atoms with Gasteiger partial charge in [0.2, 0.25) is 0 Å². The van der Waals surface area contributed by atoms with Crippen molar-refractivity contribution in [3.8, 4) is 0 Å². The van der Waals surface area contributed by atoms with Crippen molar-refractivity contribution in [1.29, 1.82) is 0 Å². The smallest absolute Gasteiger partial charge is 0.313 e. The SMILES string of the molecule is CCOC(=O)CC(=O)C=Cc1ccncc1. The Balaban J connectivity index is 2.46. The minimum absolute atomic E-state index is 0.213. The Bertz CT molecular complexity index is 385. The molecule has 1 rings (SSSR count). The van der Waals surface area contributed by atoms with Gasteiger partial charge in [0, 0.05) is 12.4 Å². The Kier molecular flexibility index (Phi) is 4.92. The number of hydrogen-bond donors (Lipinski definition) is 0. The highest BCUT2D eigenvalue weighted by Crippen LogP contribution is 2.00. The summed E-state index contributed by atoms with van der Waals surface area (Å²) in [4.78, 5) is 26.1. The fourth-order valence-corrected chi connectivity index (χ4v) is 1.08. The standard InChI is InChI=1S/C12H13NO3/c1-2-16-12(15)9-11(14)4-3-10-5-7-13-8-6-10/h3-8H,2,9H2,1H3. The summed E-state index contributed by atoms with van der Waals surface area (Å²) in [6.07, 6.45) is 6.07. The van der Waals surface area contributed by atoms with Crippen molar-refractivity contribution in [3.05, 3.63) is 36.2 Å². The molecule has 0 aromatic carbocycles. The van der Waals surface area contributed by atoms with Crippen LogP contribution in [0.2, 0.25) is 0 Å². The van der Waals surface area contributed by atoms with Gasteiger partial charge in [0.25, 0.3) is 0 Å². The van der Waals surface area contributed by atoms with Gasteiger partial charge < -0.3 is 4.74 Å². The van der Waals surface area contributed by atoms with E-state index in [2.05, 4.69) is 9.72 Å². The summed E-state index contributed by atoms with van der Waals surface area (Å²) < 4.78 is 4.66. The predicted molar refractivity (Wildman–Crippen MR) is 59.5 cm³/mol. The van der Waals surface area contributed by atoms with Crippen molar-refractivity contribution in [2.45, 2.75) is 13.3 Å². The van der Waals surface area contributed by atoms with Crippen LogP contribution in [-0.4, -0.2) is 23.3 Å². The topological polar surface area (TPSA) is 56.3 Å². The molecule has 0 radical (unpaired) electrons. The summed E-state index contributed by atoms with van der Waals surface area (Å²) in [5.41, 5.74) is 0.868. The van der Waals surface area contributed by atoms with Gasteiger partial charge in [-0.15, -0.1) is 0 Å².